The molecule has 0 atom stereocenters. The van der Waals surface area contributed by atoms with E-state index in [0.717, 1.165) is 12.1 Å². The fraction of sp³-hybridized carbons (Fsp3) is 0.267. The minimum atomic E-state index is -0.678. The number of hydrogen-bond acceptors (Lipinski definition) is 3. The van der Waals surface area contributed by atoms with Crippen LogP contribution >= 0.6 is 0 Å². The molecule has 2 rings (SSSR count). The van der Waals surface area contributed by atoms with Crippen molar-refractivity contribution in [2.24, 2.45) is 0 Å². The SMILES string of the molecule is CCn1ccc(CNc2ccc(F)c(C(=O)OC)c2)c1. The van der Waals surface area contributed by atoms with Gasteiger partial charge in [0.25, 0.3) is 0 Å². The summed E-state index contributed by atoms with van der Waals surface area (Å²) >= 11 is 0. The topological polar surface area (TPSA) is 43.3 Å². The Balaban J connectivity index is 2.08. The van der Waals surface area contributed by atoms with Gasteiger partial charge in [0.2, 0.25) is 0 Å². The first-order valence-corrected chi connectivity index (χ1v) is 6.40. The first-order chi connectivity index (χ1) is 9.63. The lowest BCUT2D eigenvalue weighted by molar-refractivity contribution is 0.0595. The highest BCUT2D eigenvalue weighted by Crippen LogP contribution is 2.16. The van der Waals surface area contributed by atoms with Crippen LogP contribution in [0, 0.1) is 5.82 Å². The van der Waals surface area contributed by atoms with Gasteiger partial charge in [0, 0.05) is 31.2 Å². The molecule has 0 bridgehead atoms. The molecule has 2 aromatic rings. The van der Waals surface area contributed by atoms with Gasteiger partial charge in [-0.3, -0.25) is 0 Å². The number of anilines is 1. The number of halogens is 1. The summed E-state index contributed by atoms with van der Waals surface area (Å²) < 4.78 is 20.1. The van der Waals surface area contributed by atoms with E-state index in [9.17, 15) is 9.18 Å². The summed E-state index contributed by atoms with van der Waals surface area (Å²) in [6, 6.07) is 6.32. The van der Waals surface area contributed by atoms with Gasteiger partial charge in [0.05, 0.1) is 12.7 Å². The quantitative estimate of drug-likeness (QED) is 0.854. The summed E-state index contributed by atoms with van der Waals surface area (Å²) in [4.78, 5) is 11.4. The number of aromatic nitrogens is 1. The molecule has 20 heavy (non-hydrogen) atoms. The van der Waals surface area contributed by atoms with Gasteiger partial charge in [-0.25, -0.2) is 9.18 Å². The molecule has 0 aliphatic heterocycles. The van der Waals surface area contributed by atoms with Crippen molar-refractivity contribution >= 4 is 11.7 Å². The van der Waals surface area contributed by atoms with Gasteiger partial charge in [-0.2, -0.15) is 0 Å². The molecule has 5 heteroatoms. The molecule has 0 amide bonds. The lowest BCUT2D eigenvalue weighted by Gasteiger charge is -2.07. The lowest BCUT2D eigenvalue weighted by atomic mass is 10.2. The molecule has 1 N–H and O–H groups in total. The van der Waals surface area contributed by atoms with Crippen LogP contribution in [0.2, 0.25) is 0 Å². The Morgan fingerprint density at radius 3 is 2.85 bits per heavy atom. The predicted molar refractivity (Wildman–Crippen MR) is 75.2 cm³/mol. The predicted octanol–water partition coefficient (Wildman–Crippen LogP) is 3.05. The number of esters is 1. The highest BCUT2D eigenvalue weighted by molar-refractivity contribution is 5.90. The first kappa shape index (κ1) is 14.1. The maximum atomic E-state index is 13.5. The molecule has 1 aromatic heterocycles. The van der Waals surface area contributed by atoms with E-state index in [4.69, 9.17) is 0 Å². The van der Waals surface area contributed by atoms with E-state index < -0.39 is 11.8 Å². The Hall–Kier alpha value is -2.30. The van der Waals surface area contributed by atoms with Gasteiger partial charge < -0.3 is 14.6 Å². The van der Waals surface area contributed by atoms with Crippen molar-refractivity contribution in [1.82, 2.24) is 4.57 Å². The molecule has 1 heterocycles. The van der Waals surface area contributed by atoms with Gasteiger partial charge in [-0.1, -0.05) is 0 Å². The van der Waals surface area contributed by atoms with Crippen molar-refractivity contribution < 1.29 is 13.9 Å². The minimum absolute atomic E-state index is 0.0661. The summed E-state index contributed by atoms with van der Waals surface area (Å²) in [5.41, 5.74) is 1.73. The Labute approximate surface area is 117 Å². The maximum Gasteiger partial charge on any atom is 0.340 e. The number of carbonyl (C=O) groups excluding carboxylic acids is 1. The van der Waals surface area contributed by atoms with E-state index >= 15 is 0 Å². The number of ether oxygens (including phenoxy) is 1. The number of benzene rings is 1. The summed E-state index contributed by atoms with van der Waals surface area (Å²) in [5, 5.41) is 3.16. The number of aryl methyl sites for hydroxylation is 1. The normalized spacial score (nSPS) is 10.3. The summed E-state index contributed by atoms with van der Waals surface area (Å²) in [6.07, 6.45) is 4.04. The molecule has 0 saturated heterocycles. The van der Waals surface area contributed by atoms with Crippen molar-refractivity contribution in [3.8, 4) is 0 Å². The third-order valence-electron chi connectivity index (χ3n) is 3.05. The zero-order valence-electron chi connectivity index (χ0n) is 11.5. The number of carbonyl (C=O) groups is 1. The van der Waals surface area contributed by atoms with Crippen LogP contribution in [0.1, 0.15) is 22.8 Å². The van der Waals surface area contributed by atoms with Crippen LogP contribution in [0.5, 0.6) is 0 Å². The van der Waals surface area contributed by atoms with Crippen molar-refractivity contribution in [3.63, 3.8) is 0 Å². The Bertz CT molecular complexity index is 608. The van der Waals surface area contributed by atoms with Gasteiger partial charge in [-0.05, 0) is 36.8 Å². The standard InChI is InChI=1S/C15H17FN2O2/c1-3-18-7-6-11(10-18)9-17-12-4-5-14(16)13(8-12)15(19)20-2/h4-8,10,17H,3,9H2,1-2H3. The van der Waals surface area contributed by atoms with E-state index in [2.05, 4.69) is 21.5 Å². The first-order valence-electron chi connectivity index (χ1n) is 6.40. The maximum absolute atomic E-state index is 13.5. The van der Waals surface area contributed by atoms with Crippen LogP contribution in [0.25, 0.3) is 0 Å². The van der Waals surface area contributed by atoms with Crippen LogP contribution in [0.15, 0.2) is 36.7 Å². The minimum Gasteiger partial charge on any atom is -0.465 e. The molecule has 0 aliphatic rings. The number of hydrogen-bond donors (Lipinski definition) is 1. The van der Waals surface area contributed by atoms with Crippen molar-refractivity contribution in [2.75, 3.05) is 12.4 Å². The smallest absolute Gasteiger partial charge is 0.340 e. The Morgan fingerprint density at radius 1 is 1.40 bits per heavy atom. The van der Waals surface area contributed by atoms with Gasteiger partial charge in [0.1, 0.15) is 5.82 Å². The highest BCUT2D eigenvalue weighted by atomic mass is 19.1. The van der Waals surface area contributed by atoms with Crippen molar-refractivity contribution in [2.45, 2.75) is 20.0 Å². The van der Waals surface area contributed by atoms with Crippen LogP contribution < -0.4 is 5.32 Å². The molecular weight excluding hydrogens is 259 g/mol. The molecule has 0 saturated carbocycles. The molecule has 0 radical (unpaired) electrons. The van der Waals surface area contributed by atoms with Crippen molar-refractivity contribution in [1.29, 1.82) is 0 Å². The molecule has 1 aromatic carbocycles. The monoisotopic (exact) mass is 276 g/mol. The van der Waals surface area contributed by atoms with E-state index in [1.807, 2.05) is 18.5 Å². The third-order valence-corrected chi connectivity index (χ3v) is 3.05. The van der Waals surface area contributed by atoms with Gasteiger partial charge in [-0.15, -0.1) is 0 Å². The molecule has 0 aliphatic carbocycles. The van der Waals surface area contributed by atoms with Crippen LogP contribution in [0.3, 0.4) is 0 Å². The molecule has 4 nitrogen and oxygen atoms in total. The van der Waals surface area contributed by atoms with Crippen LogP contribution in [0.4, 0.5) is 10.1 Å². The second-order valence-electron chi connectivity index (χ2n) is 4.39. The zero-order chi connectivity index (χ0) is 14.5. The fourth-order valence-corrected chi connectivity index (χ4v) is 1.90. The second kappa shape index (κ2) is 6.23. The lowest BCUT2D eigenvalue weighted by Crippen LogP contribution is -2.06. The fourth-order valence-electron chi connectivity index (χ4n) is 1.90. The second-order valence-corrected chi connectivity index (χ2v) is 4.39. The largest absolute Gasteiger partial charge is 0.465 e. The van der Waals surface area contributed by atoms with E-state index in [-0.39, 0.29) is 5.56 Å². The molecule has 0 spiro atoms. The Morgan fingerprint density at radius 2 is 2.20 bits per heavy atom. The summed E-state index contributed by atoms with van der Waals surface area (Å²) in [5.74, 6) is -1.26. The molecule has 106 valence electrons. The zero-order valence-corrected chi connectivity index (χ0v) is 11.5. The van der Waals surface area contributed by atoms with Crippen molar-refractivity contribution in [3.05, 3.63) is 53.6 Å². The number of rotatable bonds is 5. The van der Waals surface area contributed by atoms with Gasteiger partial charge >= 0.3 is 5.97 Å². The number of methoxy groups -OCH3 is 1. The average molecular weight is 276 g/mol. The van der Waals surface area contributed by atoms with E-state index in [1.165, 1.54) is 19.2 Å². The molecule has 0 fully saturated rings. The number of nitrogens with one attached hydrogen (secondary N) is 1. The summed E-state index contributed by atoms with van der Waals surface area (Å²) in [6.45, 7) is 3.60. The molecular formula is C15H17FN2O2. The van der Waals surface area contributed by atoms with E-state index in [1.54, 1.807) is 6.07 Å². The average Bonchev–Trinajstić information content (AvgIpc) is 2.93. The van der Waals surface area contributed by atoms with Crippen LogP contribution in [-0.4, -0.2) is 17.6 Å². The highest BCUT2D eigenvalue weighted by Gasteiger charge is 2.12. The molecule has 0 unspecified atom stereocenters. The van der Waals surface area contributed by atoms with Gasteiger partial charge in [0.15, 0.2) is 0 Å². The Kier molecular flexibility index (Phi) is 4.40. The van der Waals surface area contributed by atoms with Crippen LogP contribution in [-0.2, 0) is 17.8 Å². The number of nitrogens with zero attached hydrogens (tertiary/aromatic N) is 1. The third kappa shape index (κ3) is 3.17. The van der Waals surface area contributed by atoms with E-state index in [0.29, 0.717) is 12.2 Å². The summed E-state index contributed by atoms with van der Waals surface area (Å²) in [7, 11) is 1.23.